The fourth-order valence-electron chi connectivity index (χ4n) is 6.56. The van der Waals surface area contributed by atoms with Gasteiger partial charge in [-0.25, -0.2) is 18.7 Å². The Morgan fingerprint density at radius 2 is 1.93 bits per heavy atom. The Bertz CT molecular complexity index is 1630. The van der Waals surface area contributed by atoms with Crippen molar-refractivity contribution in [1.29, 1.82) is 0 Å². The number of aromatic amines is 1. The van der Waals surface area contributed by atoms with Crippen molar-refractivity contribution < 1.29 is 13.5 Å². The van der Waals surface area contributed by atoms with Crippen LogP contribution in [-0.2, 0) is 24.8 Å². The number of aromatic nitrogens is 6. The molecule has 1 fully saturated rings. The molecule has 218 valence electrons. The van der Waals surface area contributed by atoms with Gasteiger partial charge in [0.1, 0.15) is 22.4 Å². The number of nitrogens with zero attached hydrogens (tertiary/aromatic N) is 7. The number of hydrogen-bond acceptors (Lipinski definition) is 7. The smallest absolute Gasteiger partial charge is 0.283 e. The van der Waals surface area contributed by atoms with E-state index in [4.69, 9.17) is 26.3 Å². The van der Waals surface area contributed by atoms with Crippen molar-refractivity contribution in [2.24, 2.45) is 12.5 Å². The van der Waals surface area contributed by atoms with E-state index in [1.165, 1.54) is 4.68 Å². The topological polar surface area (TPSA) is 88.0 Å². The molecule has 6 rings (SSSR count). The minimum atomic E-state index is -2.75. The number of nitrogens with one attached hydrogen (secondary N) is 1. The Kier molecular flexibility index (Phi) is 6.93. The Balaban J connectivity index is 1.50. The quantitative estimate of drug-likeness (QED) is 0.318. The zero-order valence-corrected chi connectivity index (χ0v) is 25.0. The van der Waals surface area contributed by atoms with Gasteiger partial charge in [-0.05, 0) is 31.9 Å². The molecule has 0 bridgehead atoms. The lowest BCUT2D eigenvalue weighted by Gasteiger charge is -2.45. The largest absolute Gasteiger partial charge is 0.381 e. The summed E-state index contributed by atoms with van der Waals surface area (Å²) in [4.78, 5) is 14.7. The van der Waals surface area contributed by atoms with Crippen LogP contribution in [0.1, 0.15) is 54.9 Å². The number of fused-ring (bicyclic) bond motifs is 2. The Hall–Kier alpha value is -3.31. The van der Waals surface area contributed by atoms with Gasteiger partial charge in [-0.15, -0.1) is 0 Å². The maximum Gasteiger partial charge on any atom is 0.283 e. The summed E-state index contributed by atoms with van der Waals surface area (Å²) in [7, 11) is 3.42. The predicted octanol–water partition coefficient (Wildman–Crippen LogP) is 5.78. The molecule has 41 heavy (non-hydrogen) atoms. The first-order valence-corrected chi connectivity index (χ1v) is 14.3. The summed E-state index contributed by atoms with van der Waals surface area (Å²) in [6.07, 6.45) is -1.14. The average Bonchev–Trinajstić information content (AvgIpc) is 3.45. The van der Waals surface area contributed by atoms with Gasteiger partial charge in [0.15, 0.2) is 5.82 Å². The molecule has 0 spiro atoms. The number of anilines is 2. The zero-order valence-electron chi connectivity index (χ0n) is 24.2. The molecular weight excluding hydrogens is 550 g/mol. The van der Waals surface area contributed by atoms with Crippen LogP contribution in [0.3, 0.4) is 0 Å². The second kappa shape index (κ2) is 10.2. The van der Waals surface area contributed by atoms with Gasteiger partial charge in [0.05, 0.1) is 23.0 Å². The van der Waals surface area contributed by atoms with Crippen LogP contribution in [0, 0.1) is 19.3 Å². The molecule has 0 amide bonds. The van der Waals surface area contributed by atoms with E-state index in [0.29, 0.717) is 31.2 Å². The van der Waals surface area contributed by atoms with Crippen LogP contribution in [0.5, 0.6) is 0 Å². The van der Waals surface area contributed by atoms with E-state index < -0.39 is 12.1 Å². The molecule has 12 heteroatoms. The molecule has 0 saturated carbocycles. The lowest BCUT2D eigenvalue weighted by Crippen LogP contribution is -2.50. The highest BCUT2D eigenvalue weighted by Gasteiger charge is 2.39. The molecule has 2 aliphatic rings. The van der Waals surface area contributed by atoms with Crippen molar-refractivity contribution >= 4 is 34.1 Å². The van der Waals surface area contributed by atoms with Gasteiger partial charge in [0.25, 0.3) is 6.43 Å². The highest BCUT2D eigenvalue weighted by atomic mass is 35.5. The minimum Gasteiger partial charge on any atom is -0.381 e. The van der Waals surface area contributed by atoms with Crippen LogP contribution in [0.25, 0.3) is 22.3 Å². The first kappa shape index (κ1) is 27.8. The van der Waals surface area contributed by atoms with Gasteiger partial charge in [0.2, 0.25) is 0 Å². The van der Waals surface area contributed by atoms with E-state index in [0.717, 1.165) is 64.3 Å². The van der Waals surface area contributed by atoms with E-state index in [2.05, 4.69) is 47.0 Å². The van der Waals surface area contributed by atoms with E-state index >= 15 is 0 Å². The van der Waals surface area contributed by atoms with Crippen LogP contribution in [-0.4, -0.2) is 62.8 Å². The molecule has 1 atom stereocenters. The molecule has 0 aliphatic carbocycles. The number of halogens is 3. The maximum absolute atomic E-state index is 13.6. The van der Waals surface area contributed by atoms with Crippen molar-refractivity contribution in [3.8, 4) is 11.4 Å². The van der Waals surface area contributed by atoms with E-state index in [-0.39, 0.29) is 16.5 Å². The summed E-state index contributed by atoms with van der Waals surface area (Å²) in [5.41, 5.74) is 5.33. The Labute approximate surface area is 242 Å². The summed E-state index contributed by atoms with van der Waals surface area (Å²) in [6.45, 7) is 11.0. The Morgan fingerprint density at radius 3 is 2.61 bits per heavy atom. The molecule has 3 aromatic heterocycles. The summed E-state index contributed by atoms with van der Waals surface area (Å²) in [5, 5.41) is 12.6. The van der Waals surface area contributed by atoms with E-state index in [1.807, 2.05) is 17.9 Å². The van der Waals surface area contributed by atoms with Gasteiger partial charge in [-0.2, -0.15) is 10.2 Å². The minimum absolute atomic E-state index is 0.00943. The molecule has 0 unspecified atom stereocenters. The fourth-order valence-corrected chi connectivity index (χ4v) is 6.92. The molecule has 0 radical (unpaired) electrons. The molecule has 1 N–H and O–H groups in total. The molecule has 4 aromatic rings. The molecule has 2 aliphatic heterocycles. The fraction of sp³-hybridized carbons (Fsp3) is 0.517. The van der Waals surface area contributed by atoms with Crippen molar-refractivity contribution in [3.63, 3.8) is 0 Å². The number of ether oxygens (including phenoxy) is 1. The van der Waals surface area contributed by atoms with Crippen LogP contribution in [0.15, 0.2) is 12.1 Å². The van der Waals surface area contributed by atoms with Gasteiger partial charge < -0.3 is 14.5 Å². The molecule has 9 nitrogen and oxygen atoms in total. The van der Waals surface area contributed by atoms with Gasteiger partial charge in [0, 0.05) is 68.7 Å². The summed E-state index contributed by atoms with van der Waals surface area (Å²) >= 11 is 6.46. The van der Waals surface area contributed by atoms with Gasteiger partial charge >= 0.3 is 0 Å². The maximum atomic E-state index is 13.6. The Morgan fingerprint density at radius 1 is 1.15 bits per heavy atom. The van der Waals surface area contributed by atoms with Crippen LogP contribution < -0.4 is 9.80 Å². The van der Waals surface area contributed by atoms with E-state index in [1.54, 1.807) is 14.2 Å². The number of H-pyrrole nitrogens is 1. The zero-order chi connectivity index (χ0) is 29.2. The highest BCUT2D eigenvalue weighted by Crippen LogP contribution is 2.41. The number of aryl methyl sites for hydroxylation is 3. The number of methoxy groups -OCH3 is 1. The number of piperidine rings is 1. The molecule has 1 saturated heterocycles. The van der Waals surface area contributed by atoms with Crippen LogP contribution in [0.2, 0.25) is 5.02 Å². The van der Waals surface area contributed by atoms with Gasteiger partial charge in [-0.1, -0.05) is 31.5 Å². The lowest BCUT2D eigenvalue weighted by molar-refractivity contribution is -0.00647. The standard InChI is InChI=1S/C29H35ClF2N8O/c1-15-7-8-19-22(16(2)35-36-19)21(15)26-33-18-9-11-39(28-23(30)24(25(31)32)37-38(28)5)13-17(18)27(34-26)40-12-10-20(41-6)29(3,4)14-40/h7-8,20,25H,9-14H2,1-6H3,(H,35,36)/t20-/m1/s1. The number of benzene rings is 1. The summed E-state index contributed by atoms with van der Waals surface area (Å²) < 4.78 is 34.5. The second-order valence-corrected chi connectivity index (χ2v) is 12.2. The van der Waals surface area contributed by atoms with Crippen molar-refractivity contribution in [3.05, 3.63) is 45.4 Å². The number of alkyl halides is 2. The third-order valence-corrected chi connectivity index (χ3v) is 8.95. The molecule has 5 heterocycles. The lowest BCUT2D eigenvalue weighted by atomic mass is 9.81. The molecular formula is C29H35ClF2N8O. The predicted molar refractivity (Wildman–Crippen MR) is 156 cm³/mol. The average molecular weight is 585 g/mol. The highest BCUT2D eigenvalue weighted by molar-refractivity contribution is 6.33. The number of hydrogen-bond donors (Lipinski definition) is 1. The third kappa shape index (κ3) is 4.63. The normalized spacial score (nSPS) is 18.9. The van der Waals surface area contributed by atoms with Crippen LogP contribution >= 0.6 is 11.6 Å². The van der Waals surface area contributed by atoms with Crippen molar-refractivity contribution in [2.75, 3.05) is 36.5 Å². The third-order valence-electron chi connectivity index (χ3n) is 8.59. The first-order chi connectivity index (χ1) is 19.5. The first-order valence-electron chi connectivity index (χ1n) is 13.9. The molecule has 1 aromatic carbocycles. The van der Waals surface area contributed by atoms with Crippen molar-refractivity contribution in [2.45, 2.75) is 59.6 Å². The van der Waals surface area contributed by atoms with Crippen molar-refractivity contribution in [1.82, 2.24) is 29.9 Å². The SMILES string of the molecule is CO[C@@H]1CCN(c2nc(-c3c(C)ccc4[nH]nc(C)c34)nc3c2CN(c2c(Cl)c(C(F)F)nn2C)CC3)CC1(C)C. The number of rotatable bonds is 5. The van der Waals surface area contributed by atoms with Crippen LogP contribution in [0.4, 0.5) is 20.4 Å². The summed E-state index contributed by atoms with van der Waals surface area (Å²) in [6, 6.07) is 4.10. The van der Waals surface area contributed by atoms with Gasteiger partial charge in [-0.3, -0.25) is 9.78 Å². The monoisotopic (exact) mass is 584 g/mol. The second-order valence-electron chi connectivity index (χ2n) is 11.8. The van der Waals surface area contributed by atoms with E-state index in [9.17, 15) is 8.78 Å². The summed E-state index contributed by atoms with van der Waals surface area (Å²) in [5.74, 6) is 2.02.